The Morgan fingerprint density at radius 3 is 1.41 bits per heavy atom. The molecule has 0 atom stereocenters. The Labute approximate surface area is 299 Å². The Morgan fingerprint density at radius 1 is 0.431 bits per heavy atom. The quantitative estimate of drug-likeness (QED) is 0.184. The molecule has 3 aromatic heterocycles. The van der Waals surface area contributed by atoms with Crippen molar-refractivity contribution in [3.63, 3.8) is 0 Å². The average Bonchev–Trinajstić information content (AvgIpc) is 3.48. The number of benzene rings is 5. The van der Waals surface area contributed by atoms with E-state index in [1.165, 1.54) is 21.9 Å². The van der Waals surface area contributed by atoms with Crippen LogP contribution < -0.4 is 0 Å². The molecule has 250 valence electrons. The molecule has 0 amide bonds. The highest BCUT2D eigenvalue weighted by Gasteiger charge is 2.24. The van der Waals surface area contributed by atoms with Crippen molar-refractivity contribution in [2.24, 2.45) is 0 Å². The summed E-state index contributed by atoms with van der Waals surface area (Å²) >= 11 is 0. The lowest BCUT2D eigenvalue weighted by atomic mass is 9.86. The smallest absolute Gasteiger partial charge is 0.166 e. The first kappa shape index (κ1) is 32.3. The SMILES string of the molecule is CC(C)(C)c1ccc2c3ccc(C(C)(C)C)cc3n(-c3cc(-c4ccncc4)ccc3-c3nc(-c4ccccc4)nc(-c4ccccc4)n3)c2c1. The van der Waals surface area contributed by atoms with Gasteiger partial charge in [-0.3, -0.25) is 4.98 Å². The van der Waals surface area contributed by atoms with E-state index in [9.17, 15) is 0 Å². The van der Waals surface area contributed by atoms with Crippen molar-refractivity contribution in [3.8, 4) is 51.0 Å². The number of fused-ring (bicyclic) bond motifs is 3. The van der Waals surface area contributed by atoms with Crippen molar-refractivity contribution in [1.82, 2.24) is 24.5 Å². The molecule has 3 heterocycles. The van der Waals surface area contributed by atoms with Crippen LogP contribution >= 0.6 is 0 Å². The lowest BCUT2D eigenvalue weighted by Gasteiger charge is -2.21. The molecule has 0 spiro atoms. The van der Waals surface area contributed by atoms with Crippen molar-refractivity contribution in [2.45, 2.75) is 52.4 Å². The van der Waals surface area contributed by atoms with E-state index < -0.39 is 0 Å². The Morgan fingerprint density at radius 2 is 0.922 bits per heavy atom. The van der Waals surface area contributed by atoms with E-state index in [0.29, 0.717) is 17.5 Å². The second kappa shape index (κ2) is 12.4. The number of hydrogen-bond acceptors (Lipinski definition) is 4. The summed E-state index contributed by atoms with van der Waals surface area (Å²) in [5.74, 6) is 1.89. The molecule has 0 aliphatic rings. The molecule has 0 bridgehead atoms. The molecule has 0 aliphatic heterocycles. The van der Waals surface area contributed by atoms with Gasteiger partial charge in [0.15, 0.2) is 17.5 Å². The van der Waals surface area contributed by atoms with E-state index in [2.05, 4.69) is 142 Å². The van der Waals surface area contributed by atoms with Gasteiger partial charge in [0.05, 0.1) is 16.7 Å². The molecule has 0 fully saturated rings. The van der Waals surface area contributed by atoms with Crippen LogP contribution in [0.25, 0.3) is 72.8 Å². The third-order valence-electron chi connectivity index (χ3n) is 9.69. The fourth-order valence-electron chi connectivity index (χ4n) is 6.77. The van der Waals surface area contributed by atoms with E-state index in [1.807, 2.05) is 48.8 Å². The maximum atomic E-state index is 5.20. The zero-order valence-corrected chi connectivity index (χ0v) is 30.0. The highest BCUT2D eigenvalue weighted by Crippen LogP contribution is 2.41. The average molecular weight is 664 g/mol. The molecule has 0 unspecified atom stereocenters. The van der Waals surface area contributed by atoms with Gasteiger partial charge in [-0.05, 0) is 69.5 Å². The Balaban J connectivity index is 1.50. The van der Waals surface area contributed by atoms with Crippen molar-refractivity contribution in [3.05, 3.63) is 151 Å². The fraction of sp³-hybridized carbons (Fsp3) is 0.174. The normalized spacial score (nSPS) is 12.1. The Bertz CT molecular complexity index is 2390. The summed E-state index contributed by atoms with van der Waals surface area (Å²) in [4.78, 5) is 19.7. The van der Waals surface area contributed by atoms with Gasteiger partial charge in [-0.1, -0.05) is 133 Å². The first-order chi connectivity index (χ1) is 24.5. The first-order valence-corrected chi connectivity index (χ1v) is 17.6. The van der Waals surface area contributed by atoms with Gasteiger partial charge in [-0.25, -0.2) is 15.0 Å². The fourth-order valence-corrected chi connectivity index (χ4v) is 6.77. The van der Waals surface area contributed by atoms with Gasteiger partial charge in [0.2, 0.25) is 0 Å². The van der Waals surface area contributed by atoms with E-state index >= 15 is 0 Å². The van der Waals surface area contributed by atoms with Crippen LogP contribution in [0.5, 0.6) is 0 Å². The Hall–Kier alpha value is -5.94. The summed E-state index contributed by atoms with van der Waals surface area (Å²) in [6, 6.07) is 44.9. The number of aromatic nitrogens is 5. The number of nitrogens with zero attached hydrogens (tertiary/aromatic N) is 5. The van der Waals surface area contributed by atoms with Crippen LogP contribution in [0.4, 0.5) is 0 Å². The van der Waals surface area contributed by atoms with E-state index in [4.69, 9.17) is 15.0 Å². The predicted octanol–water partition coefficient (Wildman–Crippen LogP) is 11.6. The molecule has 0 N–H and O–H groups in total. The van der Waals surface area contributed by atoms with Crippen molar-refractivity contribution < 1.29 is 0 Å². The second-order valence-corrected chi connectivity index (χ2v) is 15.3. The topological polar surface area (TPSA) is 56.5 Å². The van der Waals surface area contributed by atoms with Crippen molar-refractivity contribution >= 4 is 21.8 Å². The van der Waals surface area contributed by atoms with Gasteiger partial charge in [0.25, 0.3) is 0 Å². The van der Waals surface area contributed by atoms with Crippen molar-refractivity contribution in [2.75, 3.05) is 0 Å². The summed E-state index contributed by atoms with van der Waals surface area (Å²) in [6.45, 7) is 13.6. The summed E-state index contributed by atoms with van der Waals surface area (Å²) in [5, 5.41) is 2.42. The third-order valence-corrected chi connectivity index (χ3v) is 9.69. The monoisotopic (exact) mass is 663 g/mol. The summed E-state index contributed by atoms with van der Waals surface area (Å²) in [6.07, 6.45) is 3.69. The molecule has 5 heteroatoms. The minimum absolute atomic E-state index is 0.0306. The highest BCUT2D eigenvalue weighted by molar-refractivity contribution is 6.10. The molecule has 5 aromatic carbocycles. The number of pyridine rings is 1. The van der Waals surface area contributed by atoms with Gasteiger partial charge in [-0.15, -0.1) is 0 Å². The summed E-state index contributed by atoms with van der Waals surface area (Å²) < 4.78 is 2.43. The lowest BCUT2D eigenvalue weighted by Crippen LogP contribution is -2.11. The molecule has 0 saturated heterocycles. The first-order valence-electron chi connectivity index (χ1n) is 17.6. The summed E-state index contributed by atoms with van der Waals surface area (Å²) in [7, 11) is 0. The molecule has 8 rings (SSSR count). The minimum atomic E-state index is -0.0306. The van der Waals surface area contributed by atoms with Crippen LogP contribution in [0, 0.1) is 0 Å². The zero-order chi connectivity index (χ0) is 35.3. The maximum absolute atomic E-state index is 5.20. The predicted molar refractivity (Wildman–Crippen MR) is 211 cm³/mol. The Kier molecular flexibility index (Phi) is 7.87. The van der Waals surface area contributed by atoms with E-state index in [1.54, 1.807) is 0 Å². The molecule has 0 aliphatic carbocycles. The van der Waals surface area contributed by atoms with Gasteiger partial charge in [0, 0.05) is 39.9 Å². The lowest BCUT2D eigenvalue weighted by molar-refractivity contribution is 0.591. The molecule has 0 radical (unpaired) electrons. The number of hydrogen-bond donors (Lipinski definition) is 0. The molecule has 8 aromatic rings. The molecule has 5 nitrogen and oxygen atoms in total. The largest absolute Gasteiger partial charge is 0.308 e. The number of rotatable bonds is 5. The molecular weight excluding hydrogens is 623 g/mol. The van der Waals surface area contributed by atoms with Crippen LogP contribution in [0.1, 0.15) is 52.7 Å². The van der Waals surface area contributed by atoms with Gasteiger partial charge < -0.3 is 4.57 Å². The third kappa shape index (κ3) is 6.10. The summed E-state index contributed by atoms with van der Waals surface area (Å²) in [5.41, 5.74) is 10.8. The van der Waals surface area contributed by atoms with Crippen LogP contribution in [-0.2, 0) is 10.8 Å². The molecular formula is C46H41N5. The standard InChI is InChI=1S/C46H41N5/c1-45(2,3)34-18-21-36-37-22-19-35(46(4,5)6)29-41(37)51(40(36)28-34)39-27-33(30-23-25-47-26-24-30)17-20-38(39)44-49-42(31-13-9-7-10-14-31)48-43(50-44)32-15-11-8-12-16-32/h7-29H,1-6H3. The van der Waals surface area contributed by atoms with Crippen LogP contribution in [0.15, 0.2) is 140 Å². The molecule has 0 saturated carbocycles. The van der Waals surface area contributed by atoms with Crippen LogP contribution in [0.2, 0.25) is 0 Å². The van der Waals surface area contributed by atoms with E-state index in [-0.39, 0.29) is 10.8 Å². The van der Waals surface area contributed by atoms with Gasteiger partial charge in [-0.2, -0.15) is 0 Å². The van der Waals surface area contributed by atoms with E-state index in [0.717, 1.165) is 44.5 Å². The zero-order valence-electron chi connectivity index (χ0n) is 30.0. The van der Waals surface area contributed by atoms with Gasteiger partial charge in [0.1, 0.15) is 0 Å². The molecule has 51 heavy (non-hydrogen) atoms. The van der Waals surface area contributed by atoms with Crippen LogP contribution in [0.3, 0.4) is 0 Å². The minimum Gasteiger partial charge on any atom is -0.308 e. The maximum Gasteiger partial charge on any atom is 0.166 e. The van der Waals surface area contributed by atoms with Crippen molar-refractivity contribution in [1.29, 1.82) is 0 Å². The highest BCUT2D eigenvalue weighted by atomic mass is 15.1. The van der Waals surface area contributed by atoms with Crippen LogP contribution in [-0.4, -0.2) is 24.5 Å². The second-order valence-electron chi connectivity index (χ2n) is 15.3. The van der Waals surface area contributed by atoms with Gasteiger partial charge >= 0.3 is 0 Å².